The molecule has 0 aromatic heterocycles. The molecule has 0 amide bonds. The number of benzene rings is 4. The summed E-state index contributed by atoms with van der Waals surface area (Å²) in [7, 11) is 0. The van der Waals surface area contributed by atoms with E-state index in [1.807, 2.05) is 78.9 Å². The summed E-state index contributed by atoms with van der Waals surface area (Å²) in [4.78, 5) is 11.1. The number of carboxylic acid groups (broad SMARTS) is 1. The smallest absolute Gasteiger partial charge is 0.320 e. The number of aliphatic carboxylic acids is 1. The van der Waals surface area contributed by atoms with Crippen LogP contribution in [-0.2, 0) is 16.8 Å². The van der Waals surface area contributed by atoms with Gasteiger partial charge in [0.1, 0.15) is 11.8 Å². The molecule has 160 valence electrons. The van der Waals surface area contributed by atoms with E-state index in [-0.39, 0.29) is 6.42 Å². The number of carbonyl (C=O) groups is 1. The van der Waals surface area contributed by atoms with Crippen LogP contribution in [0.5, 0.6) is 5.75 Å². The number of carboxylic acids is 1. The van der Waals surface area contributed by atoms with Gasteiger partial charge in [-0.15, -0.1) is 0 Å². The van der Waals surface area contributed by atoms with Crippen molar-refractivity contribution >= 4 is 5.97 Å². The summed E-state index contributed by atoms with van der Waals surface area (Å²) in [5.41, 5.74) is 8.70. The highest BCUT2D eigenvalue weighted by Gasteiger charge is 2.38. The highest BCUT2D eigenvalue weighted by atomic mass is 16.5. The van der Waals surface area contributed by atoms with Gasteiger partial charge in [-0.25, -0.2) is 0 Å². The second kappa shape index (κ2) is 9.50. The van der Waals surface area contributed by atoms with Gasteiger partial charge < -0.3 is 15.6 Å². The van der Waals surface area contributed by atoms with Gasteiger partial charge in [0.15, 0.2) is 5.60 Å². The largest absolute Gasteiger partial charge is 0.480 e. The first-order valence-corrected chi connectivity index (χ1v) is 10.5. The molecule has 0 aliphatic carbocycles. The van der Waals surface area contributed by atoms with E-state index in [4.69, 9.17) is 15.6 Å². The van der Waals surface area contributed by atoms with Crippen LogP contribution >= 0.6 is 0 Å². The van der Waals surface area contributed by atoms with Crippen molar-refractivity contribution in [3.05, 3.63) is 138 Å². The number of hydrogen-bond acceptors (Lipinski definition) is 3. The van der Waals surface area contributed by atoms with Gasteiger partial charge in [-0.3, -0.25) is 4.79 Å². The van der Waals surface area contributed by atoms with Gasteiger partial charge in [-0.2, -0.15) is 0 Å². The number of ether oxygens (including phenoxy) is 1. The van der Waals surface area contributed by atoms with E-state index in [1.165, 1.54) is 0 Å². The molecule has 0 aliphatic rings. The predicted octanol–water partition coefficient (Wildman–Crippen LogP) is 5.01. The fraction of sp³-hybridized carbons (Fsp3) is 0.107. The van der Waals surface area contributed by atoms with Gasteiger partial charge in [0.05, 0.1) is 0 Å². The van der Waals surface area contributed by atoms with Crippen LogP contribution in [0, 0.1) is 0 Å². The summed E-state index contributed by atoms with van der Waals surface area (Å²) >= 11 is 0. The molecule has 4 heteroatoms. The highest BCUT2D eigenvalue weighted by Crippen LogP contribution is 2.41. The molecular formula is C28H25NO3. The molecule has 4 rings (SSSR count). The molecule has 0 saturated carbocycles. The Hall–Kier alpha value is -3.89. The molecule has 0 heterocycles. The van der Waals surface area contributed by atoms with Crippen molar-refractivity contribution in [3.8, 4) is 5.75 Å². The minimum Gasteiger partial charge on any atom is -0.480 e. The third-order valence-corrected chi connectivity index (χ3v) is 5.51. The Balaban J connectivity index is 1.81. The number of nitrogens with two attached hydrogens (primary N) is 1. The van der Waals surface area contributed by atoms with Crippen molar-refractivity contribution < 1.29 is 14.6 Å². The molecule has 1 atom stereocenters. The van der Waals surface area contributed by atoms with E-state index in [1.54, 1.807) is 0 Å². The van der Waals surface area contributed by atoms with E-state index in [0.717, 1.165) is 22.3 Å². The van der Waals surface area contributed by atoms with Crippen molar-refractivity contribution in [1.29, 1.82) is 0 Å². The third-order valence-electron chi connectivity index (χ3n) is 5.51. The van der Waals surface area contributed by atoms with E-state index in [0.29, 0.717) is 5.75 Å². The van der Waals surface area contributed by atoms with Crippen LogP contribution in [0.4, 0.5) is 0 Å². The summed E-state index contributed by atoms with van der Waals surface area (Å²) in [5.74, 6) is -0.337. The SMILES string of the molecule is N[C@H](Cc1ccc(OC(c2ccccc2)(c2ccccc2)c2ccccc2)cc1)C(=O)O. The van der Waals surface area contributed by atoms with Gasteiger partial charge >= 0.3 is 5.97 Å². The summed E-state index contributed by atoms with van der Waals surface area (Å²) in [5, 5.41) is 9.08. The lowest BCUT2D eigenvalue weighted by Crippen LogP contribution is -2.36. The first-order chi connectivity index (χ1) is 15.6. The highest BCUT2D eigenvalue weighted by molar-refractivity contribution is 5.73. The maximum absolute atomic E-state index is 11.1. The topological polar surface area (TPSA) is 72.5 Å². The minimum atomic E-state index is -1.01. The van der Waals surface area contributed by atoms with Crippen LogP contribution in [-0.4, -0.2) is 17.1 Å². The van der Waals surface area contributed by atoms with Crippen LogP contribution in [0.25, 0.3) is 0 Å². The van der Waals surface area contributed by atoms with Gasteiger partial charge in [-0.05, 0) is 24.1 Å². The number of hydrogen-bond donors (Lipinski definition) is 2. The Morgan fingerprint density at radius 3 is 1.50 bits per heavy atom. The third kappa shape index (κ3) is 4.41. The normalized spacial score (nSPS) is 12.2. The first kappa shape index (κ1) is 21.3. The lowest BCUT2D eigenvalue weighted by molar-refractivity contribution is -0.138. The van der Waals surface area contributed by atoms with Crippen molar-refractivity contribution in [2.24, 2.45) is 5.73 Å². The quantitative estimate of drug-likeness (QED) is 0.391. The predicted molar refractivity (Wildman–Crippen MR) is 126 cm³/mol. The maximum Gasteiger partial charge on any atom is 0.320 e. The van der Waals surface area contributed by atoms with Crippen LogP contribution in [0.3, 0.4) is 0 Å². The lowest BCUT2D eigenvalue weighted by Gasteiger charge is -2.36. The minimum absolute atomic E-state index is 0.261. The van der Waals surface area contributed by atoms with Crippen molar-refractivity contribution in [2.45, 2.75) is 18.1 Å². The Morgan fingerprint density at radius 1 is 0.719 bits per heavy atom. The Morgan fingerprint density at radius 2 is 1.12 bits per heavy atom. The molecule has 0 radical (unpaired) electrons. The Kier molecular flexibility index (Phi) is 6.34. The Labute approximate surface area is 187 Å². The molecule has 0 spiro atoms. The van der Waals surface area contributed by atoms with Crippen LogP contribution in [0.15, 0.2) is 115 Å². The summed E-state index contributed by atoms with van der Waals surface area (Å²) in [6.07, 6.45) is 0.261. The molecule has 4 aromatic rings. The molecule has 0 saturated heterocycles. The molecule has 0 bridgehead atoms. The maximum atomic E-state index is 11.1. The van der Waals surface area contributed by atoms with Gasteiger partial charge in [0.25, 0.3) is 0 Å². The first-order valence-electron chi connectivity index (χ1n) is 10.5. The second-order valence-electron chi connectivity index (χ2n) is 7.67. The molecule has 0 fully saturated rings. The molecule has 4 nitrogen and oxygen atoms in total. The molecule has 32 heavy (non-hydrogen) atoms. The van der Waals surface area contributed by atoms with E-state index >= 15 is 0 Å². The van der Waals surface area contributed by atoms with Crippen LogP contribution in [0.2, 0.25) is 0 Å². The average Bonchev–Trinajstić information content (AvgIpc) is 2.85. The van der Waals surface area contributed by atoms with E-state index in [2.05, 4.69) is 36.4 Å². The zero-order valence-electron chi connectivity index (χ0n) is 17.6. The summed E-state index contributed by atoms with van der Waals surface area (Å²) in [6, 6.07) is 37.0. The summed E-state index contributed by atoms with van der Waals surface area (Å²) < 4.78 is 6.82. The Bertz CT molecular complexity index is 1050. The van der Waals surface area contributed by atoms with E-state index < -0.39 is 17.6 Å². The summed E-state index contributed by atoms with van der Waals surface area (Å²) in [6.45, 7) is 0. The molecular weight excluding hydrogens is 398 g/mol. The van der Waals surface area contributed by atoms with Gasteiger partial charge in [-0.1, -0.05) is 103 Å². The standard InChI is InChI=1S/C28H25NO3/c29-26(27(30)31)20-21-16-18-25(19-17-21)32-28(22-10-4-1-5-11-22,23-12-6-2-7-13-23)24-14-8-3-9-15-24/h1-19,26H,20,29H2,(H,30,31)/t26-/m1/s1. The fourth-order valence-electron chi connectivity index (χ4n) is 3.91. The number of rotatable bonds is 8. The second-order valence-corrected chi connectivity index (χ2v) is 7.67. The van der Waals surface area contributed by atoms with Crippen molar-refractivity contribution in [2.75, 3.05) is 0 Å². The lowest BCUT2D eigenvalue weighted by atomic mass is 9.80. The molecule has 0 unspecified atom stereocenters. The fourth-order valence-corrected chi connectivity index (χ4v) is 3.91. The average molecular weight is 424 g/mol. The zero-order chi connectivity index (χ0) is 22.4. The molecule has 3 N–H and O–H groups in total. The van der Waals surface area contributed by atoms with E-state index in [9.17, 15) is 4.79 Å². The monoisotopic (exact) mass is 423 g/mol. The molecule has 4 aromatic carbocycles. The van der Waals surface area contributed by atoms with Crippen molar-refractivity contribution in [3.63, 3.8) is 0 Å². The van der Waals surface area contributed by atoms with Gasteiger partial charge in [0, 0.05) is 16.7 Å². The van der Waals surface area contributed by atoms with Crippen LogP contribution < -0.4 is 10.5 Å². The molecule has 0 aliphatic heterocycles. The van der Waals surface area contributed by atoms with Gasteiger partial charge in [0.2, 0.25) is 0 Å². The zero-order valence-corrected chi connectivity index (χ0v) is 17.6. The van der Waals surface area contributed by atoms with Crippen LogP contribution in [0.1, 0.15) is 22.3 Å². The van der Waals surface area contributed by atoms with Crippen molar-refractivity contribution in [1.82, 2.24) is 0 Å².